The minimum atomic E-state index is -0.989. The normalized spacial score (nSPS) is 13.9. The van der Waals surface area contributed by atoms with Crippen molar-refractivity contribution in [2.24, 2.45) is 0 Å². The van der Waals surface area contributed by atoms with Crippen molar-refractivity contribution in [2.75, 3.05) is 10.5 Å². The topological polar surface area (TPSA) is 121 Å². The number of thiophene rings is 1. The van der Waals surface area contributed by atoms with Crippen molar-refractivity contribution in [3.63, 3.8) is 0 Å². The number of hydrazine groups is 1. The molecule has 56 heavy (non-hydrogen) atoms. The van der Waals surface area contributed by atoms with E-state index in [9.17, 15) is 25.5 Å². The summed E-state index contributed by atoms with van der Waals surface area (Å²) in [5, 5.41) is 60.7. The van der Waals surface area contributed by atoms with E-state index in [-0.39, 0.29) is 11.6 Å². The lowest BCUT2D eigenvalue weighted by Crippen LogP contribution is -2.46. The van der Waals surface area contributed by atoms with Crippen LogP contribution in [-0.2, 0) is 0 Å². The van der Waals surface area contributed by atoms with Crippen LogP contribution in [0.3, 0.4) is 0 Å². The summed E-state index contributed by atoms with van der Waals surface area (Å²) in [6.45, 7) is 0. The summed E-state index contributed by atoms with van der Waals surface area (Å²) in [5.74, 6) is -4.27. The monoisotopic (exact) mass is 749 g/mol. The summed E-state index contributed by atoms with van der Waals surface area (Å²) in [6, 6.07) is 50.0. The summed E-state index contributed by atoms with van der Waals surface area (Å²) in [7, 11) is 0. The average Bonchev–Trinajstić information content (AvgIpc) is 3.77. The van der Waals surface area contributed by atoms with E-state index in [0.29, 0.717) is 5.56 Å². The van der Waals surface area contributed by atoms with Crippen molar-refractivity contribution in [1.82, 2.24) is 4.68 Å². The number of aromatic hydroxyl groups is 5. The fourth-order valence-electron chi connectivity index (χ4n) is 8.48. The van der Waals surface area contributed by atoms with Gasteiger partial charge in [0.1, 0.15) is 6.04 Å². The maximum absolute atomic E-state index is 10.5. The Morgan fingerprint density at radius 1 is 0.482 bits per heavy atom. The summed E-state index contributed by atoms with van der Waals surface area (Å²) >= 11 is 1.83. The molecule has 0 saturated carbocycles. The number of fused-ring (bicyclic) bond motifs is 9. The van der Waals surface area contributed by atoms with Crippen LogP contribution >= 0.6 is 11.3 Å². The molecule has 0 aliphatic carbocycles. The Kier molecular flexibility index (Phi) is 6.78. The van der Waals surface area contributed by atoms with Crippen LogP contribution in [-0.4, -0.2) is 30.2 Å². The van der Waals surface area contributed by atoms with Gasteiger partial charge in [-0.15, -0.1) is 11.3 Å². The summed E-state index contributed by atoms with van der Waals surface area (Å²) < 4.78 is 4.70. The third-order valence-electron chi connectivity index (χ3n) is 11.2. The molecule has 0 saturated heterocycles. The van der Waals surface area contributed by atoms with Gasteiger partial charge in [-0.2, -0.15) is 0 Å². The third-order valence-corrected chi connectivity index (χ3v) is 12.3. The second kappa shape index (κ2) is 11.8. The molecule has 9 heteroatoms. The molecule has 10 aromatic rings. The average molecular weight is 750 g/mol. The highest BCUT2D eigenvalue weighted by atomic mass is 32.1. The number of hydrogen-bond acceptors (Lipinski definition) is 8. The lowest BCUT2D eigenvalue weighted by atomic mass is 9.88. The molecule has 270 valence electrons. The van der Waals surface area contributed by atoms with E-state index in [4.69, 9.17) is 0 Å². The predicted molar refractivity (Wildman–Crippen MR) is 226 cm³/mol. The summed E-state index contributed by atoms with van der Waals surface area (Å²) in [6.07, 6.45) is 0. The molecular weight excluding hydrogens is 719 g/mol. The van der Waals surface area contributed by atoms with E-state index < -0.39 is 28.7 Å². The second-order valence-corrected chi connectivity index (χ2v) is 15.3. The number of para-hydroxylation sites is 2. The number of hydrogen-bond donors (Lipinski definition) is 6. The van der Waals surface area contributed by atoms with Gasteiger partial charge >= 0.3 is 0 Å². The first kappa shape index (κ1) is 32.1. The number of anilines is 1. The smallest absolute Gasteiger partial charge is 0.208 e. The van der Waals surface area contributed by atoms with E-state index in [0.717, 1.165) is 49.7 Å². The van der Waals surface area contributed by atoms with Gasteiger partial charge in [-0.25, -0.2) is 10.2 Å². The Labute approximate surface area is 323 Å². The van der Waals surface area contributed by atoms with Gasteiger partial charge in [-0.05, 0) is 75.5 Å². The number of nitrogens with zero attached hydrogens (tertiary/aromatic N) is 2. The quantitative estimate of drug-likeness (QED) is 0.0765. The predicted octanol–water partition coefficient (Wildman–Crippen LogP) is 11.2. The molecule has 0 amide bonds. The van der Waals surface area contributed by atoms with Crippen LogP contribution < -0.4 is 10.5 Å². The Morgan fingerprint density at radius 2 is 1.09 bits per heavy atom. The van der Waals surface area contributed by atoms with Crippen LogP contribution in [0.1, 0.15) is 17.2 Å². The third kappa shape index (κ3) is 4.52. The number of benzene rings is 8. The zero-order valence-electron chi connectivity index (χ0n) is 29.5. The van der Waals surface area contributed by atoms with Crippen molar-refractivity contribution in [3.8, 4) is 51.0 Å². The first-order chi connectivity index (χ1) is 27.4. The van der Waals surface area contributed by atoms with Crippen molar-refractivity contribution in [3.05, 3.63) is 157 Å². The molecule has 8 nitrogen and oxygen atoms in total. The molecule has 11 rings (SSSR count). The van der Waals surface area contributed by atoms with Gasteiger partial charge in [0.25, 0.3) is 0 Å². The number of phenols is 5. The zero-order chi connectivity index (χ0) is 37.8. The van der Waals surface area contributed by atoms with E-state index in [2.05, 4.69) is 118 Å². The van der Waals surface area contributed by atoms with Gasteiger partial charge in [0, 0.05) is 36.5 Å². The van der Waals surface area contributed by atoms with Gasteiger partial charge in [-0.1, -0.05) is 103 Å². The summed E-state index contributed by atoms with van der Waals surface area (Å²) in [4.78, 5) is 0. The number of nitrogens with one attached hydrogen (secondary N) is 1. The molecule has 6 N–H and O–H groups in total. The highest BCUT2D eigenvalue weighted by molar-refractivity contribution is 7.26. The molecular formula is C47H31N3O5S. The van der Waals surface area contributed by atoms with Gasteiger partial charge in [0.15, 0.2) is 11.5 Å². The van der Waals surface area contributed by atoms with Crippen molar-refractivity contribution < 1.29 is 25.5 Å². The fourth-order valence-corrected chi connectivity index (χ4v) is 9.58. The highest BCUT2D eigenvalue weighted by Crippen LogP contribution is 2.55. The lowest BCUT2D eigenvalue weighted by molar-refractivity contribution is 0.330. The van der Waals surface area contributed by atoms with Crippen LogP contribution in [0, 0.1) is 0 Å². The molecule has 0 fully saturated rings. The Morgan fingerprint density at radius 3 is 1.89 bits per heavy atom. The van der Waals surface area contributed by atoms with Gasteiger partial charge in [0.2, 0.25) is 17.2 Å². The molecule has 0 spiro atoms. The highest BCUT2D eigenvalue weighted by Gasteiger charge is 2.37. The number of aromatic nitrogens is 1. The first-order valence-electron chi connectivity index (χ1n) is 18.2. The van der Waals surface area contributed by atoms with E-state index in [1.165, 1.54) is 30.9 Å². The molecule has 0 bridgehead atoms. The number of rotatable bonds is 5. The molecule has 0 radical (unpaired) electrons. The minimum absolute atomic E-state index is 0.185. The SMILES string of the molecule is Oc1c(O)c(O)c(-c2ccc(C3c4ccccc4N3Nn3c4ccccc4c4cc(-c5ccc6sc7ccc8ccccc8c7c6c5)ccc43)cc2)c(O)c1O. The first-order valence-corrected chi connectivity index (χ1v) is 19.0. The molecule has 3 heterocycles. The van der Waals surface area contributed by atoms with Gasteiger partial charge in [-0.3, -0.25) is 5.01 Å². The Bertz CT molecular complexity index is 3230. The zero-order valence-corrected chi connectivity index (χ0v) is 30.3. The Hall–Kier alpha value is -7.36. The van der Waals surface area contributed by atoms with Crippen LogP contribution in [0.2, 0.25) is 0 Å². The van der Waals surface area contributed by atoms with Crippen LogP contribution in [0.4, 0.5) is 5.69 Å². The molecule has 1 atom stereocenters. The molecule has 1 aliphatic rings. The van der Waals surface area contributed by atoms with Gasteiger partial charge in [0.05, 0.1) is 22.3 Å². The lowest BCUT2D eigenvalue weighted by Gasteiger charge is -2.45. The molecule has 8 aromatic carbocycles. The van der Waals surface area contributed by atoms with E-state index in [1.807, 2.05) is 41.7 Å². The van der Waals surface area contributed by atoms with E-state index >= 15 is 0 Å². The minimum Gasteiger partial charge on any atom is -0.504 e. The van der Waals surface area contributed by atoms with Crippen LogP contribution in [0.25, 0.3) is 75.0 Å². The number of phenolic OH excluding ortho intramolecular Hbond substituents is 5. The maximum Gasteiger partial charge on any atom is 0.208 e. The van der Waals surface area contributed by atoms with E-state index in [1.54, 1.807) is 12.1 Å². The van der Waals surface area contributed by atoms with Crippen LogP contribution in [0.15, 0.2) is 146 Å². The van der Waals surface area contributed by atoms with Crippen LogP contribution in [0.5, 0.6) is 28.7 Å². The Balaban J connectivity index is 0.988. The molecule has 1 aliphatic heterocycles. The standard InChI is InChI=1S/C47H31N3O5S/c51-43-40(44(52)46(54)47(55)45(43)53)26-13-15-27(16-14-26)42-32-10-4-6-12-36(32)50(42)48-49-35-11-5-3-9-31(35)33-23-28(17-20-37(33)49)29-19-21-38-34(24-29)41-30-8-2-1-7-25(30)18-22-39(41)56-38/h1-24,42,48,51-55H. The fraction of sp³-hybridized carbons (Fsp3) is 0.0213. The largest absolute Gasteiger partial charge is 0.504 e. The van der Waals surface area contributed by atoms with Crippen molar-refractivity contribution in [2.45, 2.75) is 6.04 Å². The second-order valence-electron chi connectivity index (χ2n) is 14.2. The van der Waals surface area contributed by atoms with Gasteiger partial charge < -0.3 is 25.5 Å². The maximum atomic E-state index is 10.5. The van der Waals surface area contributed by atoms with Crippen molar-refractivity contribution in [1.29, 1.82) is 0 Å². The summed E-state index contributed by atoms with van der Waals surface area (Å²) in [5.41, 5.74) is 11.3. The van der Waals surface area contributed by atoms with Crippen molar-refractivity contribution >= 4 is 69.8 Å². The molecule has 1 unspecified atom stereocenters. The molecule has 2 aromatic heterocycles.